The number of tetrazole rings is 1. The first-order valence-electron chi connectivity index (χ1n) is 9.74. The van der Waals surface area contributed by atoms with E-state index < -0.39 is 10.0 Å². The first-order chi connectivity index (χ1) is 13.4. The summed E-state index contributed by atoms with van der Waals surface area (Å²) in [6, 6.07) is 5.24. The quantitative estimate of drug-likeness (QED) is 0.714. The molecule has 154 valence electrons. The van der Waals surface area contributed by atoms with Crippen molar-refractivity contribution in [1.82, 2.24) is 24.5 Å². The van der Waals surface area contributed by atoms with Crippen LogP contribution in [0.2, 0.25) is 0 Å². The summed E-state index contributed by atoms with van der Waals surface area (Å²) in [6.07, 6.45) is 3.86. The van der Waals surface area contributed by atoms with Gasteiger partial charge in [-0.05, 0) is 47.9 Å². The molecule has 0 saturated carbocycles. The number of hydrogen-bond acceptors (Lipinski definition) is 7. The van der Waals surface area contributed by atoms with Crippen molar-refractivity contribution in [2.75, 3.05) is 37.4 Å². The van der Waals surface area contributed by atoms with Crippen molar-refractivity contribution in [2.45, 2.75) is 50.6 Å². The molecule has 1 aromatic heterocycles. The van der Waals surface area contributed by atoms with Crippen LogP contribution in [0.1, 0.15) is 38.4 Å². The Balaban J connectivity index is 1.86. The molecule has 1 aliphatic heterocycles. The molecule has 10 heteroatoms. The van der Waals surface area contributed by atoms with Crippen LogP contribution in [-0.2, 0) is 23.1 Å². The lowest BCUT2D eigenvalue weighted by Gasteiger charge is -2.27. The van der Waals surface area contributed by atoms with Crippen LogP contribution < -0.4 is 10.2 Å². The van der Waals surface area contributed by atoms with Gasteiger partial charge in [0.1, 0.15) is 0 Å². The molecule has 0 unspecified atom stereocenters. The van der Waals surface area contributed by atoms with Gasteiger partial charge in [0, 0.05) is 33.7 Å². The lowest BCUT2D eigenvalue weighted by atomic mass is 10.2. The van der Waals surface area contributed by atoms with E-state index in [4.69, 9.17) is 0 Å². The van der Waals surface area contributed by atoms with Crippen LogP contribution in [0.25, 0.3) is 0 Å². The van der Waals surface area contributed by atoms with Crippen LogP contribution in [0.3, 0.4) is 0 Å². The maximum Gasteiger partial charge on any atom is 0.243 e. The first-order valence-corrected chi connectivity index (χ1v) is 11.2. The second kappa shape index (κ2) is 8.87. The van der Waals surface area contributed by atoms with Gasteiger partial charge in [0.25, 0.3) is 0 Å². The second-order valence-electron chi connectivity index (χ2n) is 7.21. The van der Waals surface area contributed by atoms with Gasteiger partial charge in [-0.1, -0.05) is 13.3 Å². The lowest BCUT2D eigenvalue weighted by Crippen LogP contribution is -2.35. The van der Waals surface area contributed by atoms with Crippen LogP contribution in [0.15, 0.2) is 23.1 Å². The highest BCUT2D eigenvalue weighted by atomic mass is 32.2. The molecule has 0 radical (unpaired) electrons. The smallest absolute Gasteiger partial charge is 0.243 e. The Kier molecular flexibility index (Phi) is 6.50. The van der Waals surface area contributed by atoms with Crippen molar-refractivity contribution < 1.29 is 8.42 Å². The molecule has 0 spiro atoms. The zero-order chi connectivity index (χ0) is 20.1. The summed E-state index contributed by atoms with van der Waals surface area (Å²) in [5, 5.41) is 15.1. The molecule has 1 fully saturated rings. The van der Waals surface area contributed by atoms with Crippen LogP contribution in [0.5, 0.6) is 0 Å². The summed E-state index contributed by atoms with van der Waals surface area (Å²) in [6.45, 7) is 4.41. The summed E-state index contributed by atoms with van der Waals surface area (Å²) >= 11 is 0. The SMILES string of the molecule is CCCn1nnnc1CNc1cc(S(=O)(=O)N2CCCCC2)ccc1N(C)C. The molecule has 1 N–H and O–H groups in total. The Bertz CT molecular complexity index is 889. The number of sulfonamides is 1. The van der Waals surface area contributed by atoms with Crippen molar-refractivity contribution >= 4 is 21.4 Å². The standard InChI is InChI=1S/C18H29N7O2S/c1-4-10-25-18(20-21-22-25)14-19-16-13-15(8-9-17(16)23(2)3)28(26,27)24-11-6-5-7-12-24/h8-9,13,19H,4-7,10-12,14H2,1-3H3. The number of aromatic nitrogens is 4. The Morgan fingerprint density at radius 3 is 2.61 bits per heavy atom. The van der Waals surface area contributed by atoms with Gasteiger partial charge < -0.3 is 10.2 Å². The van der Waals surface area contributed by atoms with Crippen LogP contribution in [0.4, 0.5) is 11.4 Å². The maximum absolute atomic E-state index is 13.0. The average Bonchev–Trinajstić information content (AvgIpc) is 3.14. The minimum Gasteiger partial charge on any atom is -0.376 e. The molecule has 2 heterocycles. The highest BCUT2D eigenvalue weighted by Gasteiger charge is 2.26. The minimum atomic E-state index is -3.49. The zero-order valence-corrected chi connectivity index (χ0v) is 17.6. The summed E-state index contributed by atoms with van der Waals surface area (Å²) < 4.78 is 29.4. The van der Waals surface area contributed by atoms with E-state index in [1.807, 2.05) is 25.1 Å². The molecule has 0 aliphatic carbocycles. The van der Waals surface area contributed by atoms with Gasteiger partial charge in [-0.3, -0.25) is 0 Å². The monoisotopic (exact) mass is 407 g/mol. The van der Waals surface area contributed by atoms with Crippen molar-refractivity contribution in [2.24, 2.45) is 0 Å². The van der Waals surface area contributed by atoms with E-state index in [2.05, 4.69) is 27.8 Å². The molecule has 0 bridgehead atoms. The Morgan fingerprint density at radius 1 is 1.18 bits per heavy atom. The van der Waals surface area contributed by atoms with Crippen LogP contribution in [0, 0.1) is 0 Å². The van der Waals surface area contributed by atoms with Crippen molar-refractivity contribution in [3.63, 3.8) is 0 Å². The van der Waals surface area contributed by atoms with Crippen LogP contribution >= 0.6 is 0 Å². The fraction of sp³-hybridized carbons (Fsp3) is 0.611. The van der Waals surface area contributed by atoms with Crippen molar-refractivity contribution in [3.05, 3.63) is 24.0 Å². The molecule has 3 rings (SSSR count). The van der Waals surface area contributed by atoms with Gasteiger partial charge in [-0.25, -0.2) is 13.1 Å². The summed E-state index contributed by atoms with van der Waals surface area (Å²) in [5.41, 5.74) is 1.65. The first kappa shape index (κ1) is 20.5. The van der Waals surface area contributed by atoms with Gasteiger partial charge in [0.2, 0.25) is 10.0 Å². The molecule has 9 nitrogen and oxygen atoms in total. The Hall–Kier alpha value is -2.20. The normalized spacial score (nSPS) is 15.5. The molecular weight excluding hydrogens is 378 g/mol. The van der Waals surface area contributed by atoms with Gasteiger partial charge in [0.05, 0.1) is 22.8 Å². The second-order valence-corrected chi connectivity index (χ2v) is 9.15. The number of benzene rings is 1. The number of nitrogens with zero attached hydrogens (tertiary/aromatic N) is 6. The fourth-order valence-electron chi connectivity index (χ4n) is 3.37. The van der Waals surface area contributed by atoms with Gasteiger partial charge in [-0.2, -0.15) is 4.31 Å². The largest absolute Gasteiger partial charge is 0.376 e. The molecule has 28 heavy (non-hydrogen) atoms. The lowest BCUT2D eigenvalue weighted by molar-refractivity contribution is 0.346. The van der Waals surface area contributed by atoms with Crippen molar-refractivity contribution in [3.8, 4) is 0 Å². The van der Waals surface area contributed by atoms with Crippen molar-refractivity contribution in [1.29, 1.82) is 0 Å². The minimum absolute atomic E-state index is 0.315. The third-order valence-electron chi connectivity index (χ3n) is 4.88. The maximum atomic E-state index is 13.0. The summed E-state index contributed by atoms with van der Waals surface area (Å²) in [7, 11) is 0.375. The third-order valence-corrected chi connectivity index (χ3v) is 6.78. The number of aryl methyl sites for hydroxylation is 1. The molecule has 0 amide bonds. The van der Waals surface area contributed by atoms with Gasteiger partial charge in [-0.15, -0.1) is 5.10 Å². The van der Waals surface area contributed by atoms with E-state index in [-0.39, 0.29) is 0 Å². The van der Waals surface area contributed by atoms with Crippen LogP contribution in [-0.4, -0.2) is 60.1 Å². The summed E-state index contributed by atoms with van der Waals surface area (Å²) in [4.78, 5) is 2.27. The van der Waals surface area contributed by atoms with E-state index in [1.165, 1.54) is 0 Å². The fourth-order valence-corrected chi connectivity index (χ4v) is 4.91. The zero-order valence-electron chi connectivity index (χ0n) is 16.8. The highest BCUT2D eigenvalue weighted by molar-refractivity contribution is 7.89. The van der Waals surface area contributed by atoms with E-state index in [9.17, 15) is 8.42 Å². The predicted octanol–water partition coefficient (Wildman–Crippen LogP) is 1.94. The Morgan fingerprint density at radius 2 is 1.93 bits per heavy atom. The van der Waals surface area contributed by atoms with Gasteiger partial charge >= 0.3 is 0 Å². The molecule has 1 aliphatic rings. The molecule has 1 aromatic carbocycles. The molecule has 0 atom stereocenters. The number of rotatable bonds is 8. The predicted molar refractivity (Wildman–Crippen MR) is 109 cm³/mol. The number of piperidine rings is 1. The Labute approximate surface area is 166 Å². The third kappa shape index (κ3) is 4.44. The topological polar surface area (TPSA) is 96.2 Å². The van der Waals surface area contributed by atoms with E-state index in [0.29, 0.717) is 24.5 Å². The molecular formula is C18H29N7O2S. The molecule has 1 saturated heterocycles. The van der Waals surface area contributed by atoms with E-state index in [1.54, 1.807) is 21.1 Å². The average molecular weight is 408 g/mol. The molecule has 2 aromatic rings. The van der Waals surface area contributed by atoms with E-state index >= 15 is 0 Å². The summed E-state index contributed by atoms with van der Waals surface area (Å²) in [5.74, 6) is 0.718. The number of nitrogens with one attached hydrogen (secondary N) is 1. The van der Waals surface area contributed by atoms with Gasteiger partial charge in [0.15, 0.2) is 5.82 Å². The number of hydrogen-bond donors (Lipinski definition) is 1. The van der Waals surface area contributed by atoms with E-state index in [0.717, 1.165) is 49.4 Å². The number of anilines is 2. The highest BCUT2D eigenvalue weighted by Crippen LogP contribution is 2.30.